The molecule has 1 aromatic heterocycles. The van der Waals surface area contributed by atoms with Gasteiger partial charge in [-0.3, -0.25) is 9.78 Å². The van der Waals surface area contributed by atoms with Crippen molar-refractivity contribution in [2.75, 3.05) is 13.2 Å². The second-order valence-electron chi connectivity index (χ2n) is 5.46. The number of carbonyl (C=O) groups excluding carboxylic acids is 1. The van der Waals surface area contributed by atoms with E-state index in [9.17, 15) is 4.79 Å². The number of hydrogen-bond donors (Lipinski definition) is 1. The second-order valence-corrected chi connectivity index (χ2v) is 5.46. The van der Waals surface area contributed by atoms with Crippen LogP contribution in [-0.4, -0.2) is 29.9 Å². The summed E-state index contributed by atoms with van der Waals surface area (Å²) >= 11 is 0. The van der Waals surface area contributed by atoms with Crippen LogP contribution in [0, 0.1) is 5.92 Å². The Morgan fingerprint density at radius 3 is 2.75 bits per heavy atom. The number of nitrogens with zero attached hydrogens (tertiary/aromatic N) is 1. The van der Waals surface area contributed by atoms with Gasteiger partial charge in [-0.25, -0.2) is 0 Å². The van der Waals surface area contributed by atoms with Gasteiger partial charge in [0.05, 0.1) is 13.2 Å². The number of rotatable bonds is 3. The van der Waals surface area contributed by atoms with Crippen LogP contribution in [0.15, 0.2) is 24.5 Å². The number of aromatic nitrogens is 1. The van der Waals surface area contributed by atoms with Crippen molar-refractivity contribution in [3.8, 4) is 0 Å². The lowest BCUT2D eigenvalue weighted by molar-refractivity contribution is -0.183. The summed E-state index contributed by atoms with van der Waals surface area (Å²) in [6.45, 7) is 1.90. The monoisotopic (exact) mass is 276 g/mol. The summed E-state index contributed by atoms with van der Waals surface area (Å²) in [7, 11) is 0. The van der Waals surface area contributed by atoms with Gasteiger partial charge in [-0.15, -0.1) is 0 Å². The van der Waals surface area contributed by atoms with Gasteiger partial charge in [-0.1, -0.05) is 6.07 Å². The van der Waals surface area contributed by atoms with Gasteiger partial charge in [0.1, 0.15) is 0 Å². The van der Waals surface area contributed by atoms with Crippen LogP contribution in [0.2, 0.25) is 0 Å². The first-order valence-corrected chi connectivity index (χ1v) is 7.22. The van der Waals surface area contributed by atoms with Crippen LogP contribution >= 0.6 is 0 Å². The molecule has 1 aromatic rings. The molecule has 1 aliphatic heterocycles. The average molecular weight is 276 g/mol. The highest BCUT2D eigenvalue weighted by atomic mass is 16.7. The molecule has 2 aliphatic rings. The quantitative estimate of drug-likeness (QED) is 0.911. The van der Waals surface area contributed by atoms with Gasteiger partial charge in [-0.2, -0.15) is 0 Å². The average Bonchev–Trinajstić information content (AvgIpc) is 2.95. The van der Waals surface area contributed by atoms with E-state index in [0.29, 0.717) is 19.8 Å². The van der Waals surface area contributed by atoms with E-state index >= 15 is 0 Å². The maximum absolute atomic E-state index is 12.2. The lowest BCUT2D eigenvalue weighted by Crippen LogP contribution is -2.40. The fraction of sp³-hybridized carbons (Fsp3) is 0.600. The molecule has 5 nitrogen and oxygen atoms in total. The van der Waals surface area contributed by atoms with E-state index in [-0.39, 0.29) is 17.6 Å². The molecule has 1 amide bonds. The molecular formula is C15H20N2O3. The van der Waals surface area contributed by atoms with Gasteiger partial charge >= 0.3 is 0 Å². The van der Waals surface area contributed by atoms with Gasteiger partial charge < -0.3 is 14.8 Å². The first-order chi connectivity index (χ1) is 9.77. The minimum absolute atomic E-state index is 0.0742. The second kappa shape index (κ2) is 5.89. The van der Waals surface area contributed by atoms with Gasteiger partial charge in [0.2, 0.25) is 5.91 Å². The molecule has 20 heavy (non-hydrogen) atoms. The molecule has 0 atom stereocenters. The van der Waals surface area contributed by atoms with E-state index in [0.717, 1.165) is 31.2 Å². The first kappa shape index (κ1) is 13.5. The number of carbonyl (C=O) groups is 1. The van der Waals surface area contributed by atoms with E-state index in [1.54, 1.807) is 12.4 Å². The number of amides is 1. The van der Waals surface area contributed by atoms with E-state index in [4.69, 9.17) is 9.47 Å². The Balaban J connectivity index is 1.47. The molecule has 0 aromatic carbocycles. The number of ether oxygens (including phenoxy) is 2. The normalized spacial score (nSPS) is 22.0. The molecule has 1 spiro atoms. The summed E-state index contributed by atoms with van der Waals surface area (Å²) in [6, 6.07) is 3.84. The molecule has 2 heterocycles. The van der Waals surface area contributed by atoms with E-state index in [1.165, 1.54) is 0 Å². The molecule has 0 bridgehead atoms. The number of hydrogen-bond acceptors (Lipinski definition) is 4. The molecule has 1 aliphatic carbocycles. The third-order valence-electron chi connectivity index (χ3n) is 4.12. The Bertz CT molecular complexity index is 447. The van der Waals surface area contributed by atoms with Crippen molar-refractivity contribution in [1.29, 1.82) is 0 Å². The molecule has 1 N–H and O–H groups in total. The summed E-state index contributed by atoms with van der Waals surface area (Å²) in [5, 5.41) is 2.99. The number of nitrogens with one attached hydrogen (secondary N) is 1. The maximum Gasteiger partial charge on any atom is 0.223 e. The van der Waals surface area contributed by atoms with Crippen molar-refractivity contribution in [2.24, 2.45) is 5.92 Å². The van der Waals surface area contributed by atoms with E-state index < -0.39 is 0 Å². The molecule has 1 saturated carbocycles. The van der Waals surface area contributed by atoms with Crippen molar-refractivity contribution in [1.82, 2.24) is 10.3 Å². The van der Waals surface area contributed by atoms with Crippen molar-refractivity contribution in [3.63, 3.8) is 0 Å². The van der Waals surface area contributed by atoms with Crippen molar-refractivity contribution in [3.05, 3.63) is 30.1 Å². The lowest BCUT2D eigenvalue weighted by Gasteiger charge is -2.34. The Kier molecular flexibility index (Phi) is 3.98. The van der Waals surface area contributed by atoms with Crippen LogP contribution < -0.4 is 5.32 Å². The van der Waals surface area contributed by atoms with Gasteiger partial charge in [0, 0.05) is 37.7 Å². The highest BCUT2D eigenvalue weighted by Crippen LogP contribution is 2.38. The summed E-state index contributed by atoms with van der Waals surface area (Å²) in [5.41, 5.74) is 1.02. The van der Waals surface area contributed by atoms with E-state index in [1.807, 2.05) is 12.1 Å². The summed E-state index contributed by atoms with van der Waals surface area (Å²) in [5.74, 6) is -0.188. The lowest BCUT2D eigenvalue weighted by atomic mass is 9.84. The fourth-order valence-electron chi connectivity index (χ4n) is 2.94. The van der Waals surface area contributed by atoms with Crippen LogP contribution in [0.4, 0.5) is 0 Å². The molecule has 0 radical (unpaired) electrons. The molecule has 2 fully saturated rings. The molecule has 1 saturated heterocycles. The third kappa shape index (κ3) is 2.99. The highest BCUT2D eigenvalue weighted by Gasteiger charge is 2.41. The van der Waals surface area contributed by atoms with Crippen molar-refractivity contribution < 1.29 is 14.3 Å². The zero-order valence-corrected chi connectivity index (χ0v) is 11.5. The van der Waals surface area contributed by atoms with Crippen LogP contribution in [0.5, 0.6) is 0 Å². The van der Waals surface area contributed by atoms with Gasteiger partial charge in [0.15, 0.2) is 5.79 Å². The number of pyridine rings is 1. The fourth-order valence-corrected chi connectivity index (χ4v) is 2.94. The molecule has 108 valence electrons. The van der Waals surface area contributed by atoms with Crippen molar-refractivity contribution >= 4 is 5.91 Å². The summed E-state index contributed by atoms with van der Waals surface area (Å²) < 4.78 is 11.4. The minimum Gasteiger partial charge on any atom is -0.352 e. The minimum atomic E-state index is -0.389. The smallest absolute Gasteiger partial charge is 0.223 e. The zero-order chi connectivity index (χ0) is 13.8. The molecule has 3 rings (SSSR count). The Labute approximate surface area is 118 Å². The Morgan fingerprint density at radius 1 is 1.35 bits per heavy atom. The van der Waals surface area contributed by atoms with Crippen LogP contribution in [0.25, 0.3) is 0 Å². The standard InChI is InChI=1S/C15H20N2O3/c18-14(17-11-12-2-1-7-16-10-12)13-3-5-15(6-4-13)19-8-9-20-15/h1-2,7,10,13H,3-6,8-9,11H2,(H,17,18). The largest absolute Gasteiger partial charge is 0.352 e. The highest BCUT2D eigenvalue weighted by molar-refractivity contribution is 5.78. The maximum atomic E-state index is 12.2. The zero-order valence-electron chi connectivity index (χ0n) is 11.5. The topological polar surface area (TPSA) is 60.5 Å². The summed E-state index contributed by atoms with van der Waals surface area (Å²) in [6.07, 6.45) is 6.80. The van der Waals surface area contributed by atoms with Gasteiger partial charge in [0.25, 0.3) is 0 Å². The van der Waals surface area contributed by atoms with Crippen LogP contribution in [-0.2, 0) is 20.8 Å². The Hall–Kier alpha value is -1.46. The van der Waals surface area contributed by atoms with Crippen LogP contribution in [0.3, 0.4) is 0 Å². The first-order valence-electron chi connectivity index (χ1n) is 7.22. The van der Waals surface area contributed by atoms with E-state index in [2.05, 4.69) is 10.3 Å². The summed E-state index contributed by atoms with van der Waals surface area (Å²) in [4.78, 5) is 16.2. The molecular weight excluding hydrogens is 256 g/mol. The predicted octanol–water partition coefficient (Wildman–Crippen LogP) is 1.63. The predicted molar refractivity (Wildman–Crippen MR) is 72.7 cm³/mol. The van der Waals surface area contributed by atoms with Gasteiger partial charge in [-0.05, 0) is 24.5 Å². The third-order valence-corrected chi connectivity index (χ3v) is 4.12. The molecule has 5 heteroatoms. The SMILES string of the molecule is O=C(NCc1cccnc1)C1CCC2(CC1)OCCO2. The van der Waals surface area contributed by atoms with Crippen molar-refractivity contribution in [2.45, 2.75) is 38.0 Å². The molecule has 0 unspecified atom stereocenters. The van der Waals surface area contributed by atoms with Crippen LogP contribution in [0.1, 0.15) is 31.2 Å². The Morgan fingerprint density at radius 2 is 2.10 bits per heavy atom.